The maximum atomic E-state index is 12.9. The Hall–Kier alpha value is -2.47. The van der Waals surface area contributed by atoms with Crippen molar-refractivity contribution >= 4 is 38.7 Å². The van der Waals surface area contributed by atoms with Gasteiger partial charge in [0, 0.05) is 10.6 Å². The van der Waals surface area contributed by atoms with E-state index in [4.69, 9.17) is 9.52 Å². The van der Waals surface area contributed by atoms with E-state index in [0.717, 1.165) is 12.0 Å². The smallest absolute Gasteiger partial charge is 0.335 e. The second kappa shape index (κ2) is 6.80. The quantitative estimate of drug-likeness (QED) is 0.703. The van der Waals surface area contributed by atoms with Gasteiger partial charge in [-0.3, -0.25) is 9.00 Å². The maximum absolute atomic E-state index is 12.9. The largest absolute Gasteiger partial charge is 0.478 e. The van der Waals surface area contributed by atoms with E-state index in [1.54, 1.807) is 6.07 Å². The molecule has 0 amide bonds. The average molecular weight is 358 g/mol. The van der Waals surface area contributed by atoms with Gasteiger partial charge in [0.25, 0.3) is 0 Å². The van der Waals surface area contributed by atoms with Gasteiger partial charge in [0.15, 0.2) is 0 Å². The molecule has 25 heavy (non-hydrogen) atoms. The van der Waals surface area contributed by atoms with Crippen LogP contribution in [-0.2, 0) is 17.2 Å². The summed E-state index contributed by atoms with van der Waals surface area (Å²) < 4.78 is 18.3. The lowest BCUT2D eigenvalue weighted by atomic mass is 10.1. The summed E-state index contributed by atoms with van der Waals surface area (Å²) in [5, 5.41) is 9.69. The first-order chi connectivity index (χ1) is 12.0. The van der Waals surface area contributed by atoms with Crippen LogP contribution in [0.15, 0.2) is 44.4 Å². The number of rotatable bonds is 5. The molecule has 3 aromatic rings. The molecule has 5 nitrogen and oxygen atoms in total. The molecule has 130 valence electrons. The van der Waals surface area contributed by atoms with Crippen molar-refractivity contribution in [3.05, 3.63) is 51.7 Å². The summed E-state index contributed by atoms with van der Waals surface area (Å²) in [4.78, 5) is 24.7. The third-order valence-corrected chi connectivity index (χ3v) is 5.64. The van der Waals surface area contributed by atoms with Crippen LogP contribution >= 0.6 is 0 Å². The van der Waals surface area contributed by atoms with Crippen LogP contribution < -0.4 is 5.43 Å². The molecule has 0 aliphatic carbocycles. The van der Waals surface area contributed by atoms with Gasteiger partial charge in [0.2, 0.25) is 5.43 Å². The average Bonchev–Trinajstić information content (AvgIpc) is 2.61. The third kappa shape index (κ3) is 3.09. The highest BCUT2D eigenvalue weighted by Crippen LogP contribution is 2.26. The van der Waals surface area contributed by atoms with Crippen molar-refractivity contribution in [2.24, 2.45) is 0 Å². The first-order valence-electron chi connectivity index (χ1n) is 8.11. The number of hydrogen-bond donors (Lipinski definition) is 1. The Kier molecular flexibility index (Phi) is 4.72. The number of hydrogen-bond acceptors (Lipinski definition) is 4. The van der Waals surface area contributed by atoms with E-state index in [0.29, 0.717) is 33.6 Å². The standard InChI is InChI=1S/C19H18O5S/c1-3-7-25(23)13-8-11(4-2)18-15(10-13)17(20)14-9-12(19(21)22)5-6-16(14)24-18/h5-6,8-10H,3-4,7H2,1-2H3,(H,21,22). The summed E-state index contributed by atoms with van der Waals surface area (Å²) in [5.41, 5.74) is 1.36. The van der Waals surface area contributed by atoms with E-state index in [2.05, 4.69) is 0 Å². The highest BCUT2D eigenvalue weighted by Gasteiger charge is 2.16. The zero-order chi connectivity index (χ0) is 18.1. The van der Waals surface area contributed by atoms with Gasteiger partial charge in [-0.05, 0) is 48.7 Å². The number of benzene rings is 2. The molecule has 0 radical (unpaired) electrons. The van der Waals surface area contributed by atoms with Crippen LogP contribution in [0.3, 0.4) is 0 Å². The highest BCUT2D eigenvalue weighted by molar-refractivity contribution is 7.85. The Balaban J connectivity index is 2.37. The minimum absolute atomic E-state index is 0.0283. The van der Waals surface area contributed by atoms with Crippen molar-refractivity contribution in [3.8, 4) is 0 Å². The summed E-state index contributed by atoms with van der Waals surface area (Å²) >= 11 is 0. The molecular weight excluding hydrogens is 340 g/mol. The lowest BCUT2D eigenvalue weighted by Crippen LogP contribution is -2.07. The van der Waals surface area contributed by atoms with Gasteiger partial charge >= 0.3 is 5.97 Å². The summed E-state index contributed by atoms with van der Waals surface area (Å²) in [6.45, 7) is 3.90. The first-order valence-corrected chi connectivity index (χ1v) is 9.43. The van der Waals surface area contributed by atoms with Crippen molar-refractivity contribution in [2.45, 2.75) is 31.6 Å². The highest BCUT2D eigenvalue weighted by atomic mass is 32.2. The lowest BCUT2D eigenvalue weighted by Gasteiger charge is -2.09. The summed E-state index contributed by atoms with van der Waals surface area (Å²) in [7, 11) is -1.18. The Morgan fingerprint density at radius 1 is 1.16 bits per heavy atom. The van der Waals surface area contributed by atoms with Crippen LogP contribution in [0.25, 0.3) is 21.9 Å². The Labute approximate surface area is 146 Å². The molecule has 0 saturated heterocycles. The third-order valence-electron chi connectivity index (χ3n) is 4.10. The molecule has 0 spiro atoms. The Morgan fingerprint density at radius 2 is 1.92 bits per heavy atom. The van der Waals surface area contributed by atoms with Crippen molar-refractivity contribution in [2.75, 3.05) is 5.75 Å². The molecule has 6 heteroatoms. The fourth-order valence-corrected chi connectivity index (χ4v) is 3.96. The molecular formula is C19H18O5S. The molecule has 1 heterocycles. The van der Waals surface area contributed by atoms with E-state index in [1.807, 2.05) is 19.9 Å². The molecule has 0 bridgehead atoms. The molecule has 3 rings (SSSR count). The van der Waals surface area contributed by atoms with Crippen LogP contribution in [0.4, 0.5) is 0 Å². The Bertz CT molecular complexity index is 1060. The summed E-state index contributed by atoms with van der Waals surface area (Å²) in [6.07, 6.45) is 1.41. The number of aryl methyl sites for hydroxylation is 1. The first kappa shape index (κ1) is 17.4. The molecule has 2 aromatic carbocycles. The minimum Gasteiger partial charge on any atom is -0.478 e. The summed E-state index contributed by atoms with van der Waals surface area (Å²) in [5.74, 6) is -0.579. The fraction of sp³-hybridized carbons (Fsp3) is 0.263. The molecule has 1 unspecified atom stereocenters. The van der Waals surface area contributed by atoms with Crippen molar-refractivity contribution < 1.29 is 18.5 Å². The van der Waals surface area contributed by atoms with Crippen LogP contribution in [0, 0.1) is 0 Å². The Morgan fingerprint density at radius 3 is 2.56 bits per heavy atom. The van der Waals surface area contributed by atoms with Gasteiger partial charge in [-0.1, -0.05) is 13.8 Å². The predicted molar refractivity (Wildman–Crippen MR) is 97.9 cm³/mol. The van der Waals surface area contributed by atoms with Crippen LogP contribution in [0.5, 0.6) is 0 Å². The molecule has 0 saturated carbocycles. The SMILES string of the molecule is CCCS(=O)c1cc(CC)c2oc3ccc(C(=O)O)cc3c(=O)c2c1. The molecule has 1 atom stereocenters. The van der Waals surface area contributed by atoms with Crippen molar-refractivity contribution in [3.63, 3.8) is 0 Å². The van der Waals surface area contributed by atoms with Gasteiger partial charge in [0.1, 0.15) is 11.2 Å². The van der Waals surface area contributed by atoms with Crippen LogP contribution in [0.1, 0.15) is 36.2 Å². The molecule has 1 N–H and O–H groups in total. The fourth-order valence-electron chi connectivity index (χ4n) is 2.83. The van der Waals surface area contributed by atoms with E-state index >= 15 is 0 Å². The second-order valence-corrected chi connectivity index (χ2v) is 7.38. The zero-order valence-corrected chi connectivity index (χ0v) is 14.8. The van der Waals surface area contributed by atoms with E-state index in [-0.39, 0.29) is 16.4 Å². The van der Waals surface area contributed by atoms with Crippen LogP contribution in [0.2, 0.25) is 0 Å². The molecule has 0 aliphatic heterocycles. The van der Waals surface area contributed by atoms with Gasteiger partial charge in [0.05, 0.1) is 27.1 Å². The topological polar surface area (TPSA) is 84.6 Å². The normalized spacial score (nSPS) is 12.6. The van der Waals surface area contributed by atoms with E-state index in [1.165, 1.54) is 18.2 Å². The molecule has 0 aliphatic rings. The number of carboxylic acids is 1. The van der Waals surface area contributed by atoms with Gasteiger partial charge < -0.3 is 9.52 Å². The molecule has 1 aromatic heterocycles. The summed E-state index contributed by atoms with van der Waals surface area (Å²) in [6, 6.07) is 7.68. The second-order valence-electron chi connectivity index (χ2n) is 5.81. The van der Waals surface area contributed by atoms with E-state index in [9.17, 15) is 13.8 Å². The predicted octanol–water partition coefficient (Wildman–Crippen LogP) is 3.72. The molecule has 0 fully saturated rings. The number of fused-ring (bicyclic) bond motifs is 2. The lowest BCUT2D eigenvalue weighted by molar-refractivity contribution is 0.0697. The number of aromatic carboxylic acids is 1. The zero-order valence-electron chi connectivity index (χ0n) is 14.0. The van der Waals surface area contributed by atoms with Gasteiger partial charge in [-0.2, -0.15) is 0 Å². The van der Waals surface area contributed by atoms with E-state index < -0.39 is 16.8 Å². The maximum Gasteiger partial charge on any atom is 0.335 e. The number of carbonyl (C=O) groups is 1. The van der Waals surface area contributed by atoms with Crippen LogP contribution in [-0.4, -0.2) is 21.0 Å². The van der Waals surface area contributed by atoms with Crippen molar-refractivity contribution in [1.29, 1.82) is 0 Å². The van der Waals surface area contributed by atoms with Gasteiger partial charge in [-0.15, -0.1) is 0 Å². The van der Waals surface area contributed by atoms with Gasteiger partial charge in [-0.25, -0.2) is 4.79 Å². The minimum atomic E-state index is -1.18. The number of carboxylic acid groups (broad SMARTS) is 1. The van der Waals surface area contributed by atoms with Crippen molar-refractivity contribution in [1.82, 2.24) is 0 Å². The monoisotopic (exact) mass is 358 g/mol.